The van der Waals surface area contributed by atoms with Crippen molar-refractivity contribution in [2.75, 3.05) is 26.3 Å². The molecule has 35 heavy (non-hydrogen) atoms. The third kappa shape index (κ3) is 9.17. The minimum absolute atomic E-state index is 0.0240. The monoisotopic (exact) mass is 477 g/mol. The first-order chi connectivity index (χ1) is 16.9. The normalized spacial score (nSPS) is 13.7. The van der Waals surface area contributed by atoms with Crippen LogP contribution >= 0.6 is 0 Å². The first-order valence-corrected chi connectivity index (χ1v) is 12.0. The van der Waals surface area contributed by atoms with Gasteiger partial charge in [0.1, 0.15) is 36.9 Å². The summed E-state index contributed by atoms with van der Waals surface area (Å²) in [4.78, 5) is 13.6. The second-order valence-electron chi connectivity index (χ2n) is 8.82. The lowest BCUT2D eigenvalue weighted by Crippen LogP contribution is -2.46. The summed E-state index contributed by atoms with van der Waals surface area (Å²) >= 11 is 0. The van der Waals surface area contributed by atoms with Crippen molar-refractivity contribution in [3.63, 3.8) is 0 Å². The van der Waals surface area contributed by atoms with Gasteiger partial charge in [0.25, 0.3) is 0 Å². The van der Waals surface area contributed by atoms with Gasteiger partial charge in [-0.1, -0.05) is 60.7 Å². The van der Waals surface area contributed by atoms with E-state index in [0.29, 0.717) is 36.6 Å². The Hall–Kier alpha value is -3.19. The van der Waals surface area contributed by atoms with Crippen molar-refractivity contribution in [2.45, 2.75) is 38.5 Å². The van der Waals surface area contributed by atoms with E-state index in [9.17, 15) is 15.0 Å². The lowest BCUT2D eigenvalue weighted by Gasteiger charge is -2.32. The van der Waals surface area contributed by atoms with Gasteiger partial charge in [0.15, 0.2) is 5.78 Å². The van der Waals surface area contributed by atoms with Gasteiger partial charge >= 0.3 is 0 Å². The Kier molecular flexibility index (Phi) is 10.3. The van der Waals surface area contributed by atoms with Crippen LogP contribution in [0.2, 0.25) is 0 Å². The lowest BCUT2D eigenvalue weighted by molar-refractivity contribution is 0.0167. The zero-order chi connectivity index (χ0) is 25.0. The molecule has 0 aliphatic heterocycles. The number of hydrogen-bond acceptors (Lipinski definition) is 6. The summed E-state index contributed by atoms with van der Waals surface area (Å²) in [6.07, 6.45) is -0.767. The highest BCUT2D eigenvalue weighted by molar-refractivity contribution is 5.94. The van der Waals surface area contributed by atoms with Crippen LogP contribution in [-0.2, 0) is 6.42 Å². The number of ether oxygens (including phenoxy) is 2. The van der Waals surface area contributed by atoms with Gasteiger partial charge in [0.2, 0.25) is 0 Å². The van der Waals surface area contributed by atoms with Gasteiger partial charge in [-0.2, -0.15) is 0 Å². The van der Waals surface area contributed by atoms with Crippen molar-refractivity contribution in [1.82, 2.24) is 4.90 Å². The molecule has 6 heteroatoms. The number of para-hydroxylation sites is 2. The van der Waals surface area contributed by atoms with E-state index < -0.39 is 12.2 Å². The van der Waals surface area contributed by atoms with Gasteiger partial charge in [0.05, 0.1) is 0 Å². The van der Waals surface area contributed by atoms with Crippen LogP contribution in [0.1, 0.15) is 29.8 Å². The standard InChI is InChI=1S/C29H35NO5/c1-22(17-24-13-15-25(16-14-24)23(2)31)30(18-26(32)20-34-28-9-5-3-6-10-28)19-27(33)21-35-29-11-7-4-8-12-29/h3-16,22,26-27,32-33H,17-21H2,1-2H3. The van der Waals surface area contributed by atoms with Crippen molar-refractivity contribution >= 4 is 5.78 Å². The number of rotatable bonds is 14. The third-order valence-electron chi connectivity index (χ3n) is 5.78. The number of carbonyl (C=O) groups excluding carboxylic acids is 1. The highest BCUT2D eigenvalue weighted by Crippen LogP contribution is 2.15. The van der Waals surface area contributed by atoms with Gasteiger partial charge < -0.3 is 19.7 Å². The quantitative estimate of drug-likeness (QED) is 0.342. The van der Waals surface area contributed by atoms with Crippen LogP contribution in [0, 0.1) is 0 Å². The zero-order valence-electron chi connectivity index (χ0n) is 20.4. The lowest BCUT2D eigenvalue weighted by atomic mass is 10.0. The van der Waals surface area contributed by atoms with E-state index in [4.69, 9.17) is 9.47 Å². The molecule has 3 rings (SSSR count). The van der Waals surface area contributed by atoms with E-state index in [0.717, 1.165) is 5.56 Å². The molecule has 3 unspecified atom stereocenters. The Balaban J connectivity index is 1.61. The van der Waals surface area contributed by atoms with E-state index in [2.05, 4.69) is 11.8 Å². The second kappa shape index (κ2) is 13.6. The molecule has 186 valence electrons. The Morgan fingerprint density at radius 2 is 1.23 bits per heavy atom. The first kappa shape index (κ1) is 26.4. The van der Waals surface area contributed by atoms with Gasteiger partial charge in [-0.15, -0.1) is 0 Å². The Morgan fingerprint density at radius 1 is 0.771 bits per heavy atom. The molecule has 0 radical (unpaired) electrons. The number of Topliss-reactive ketones (excluding diaryl/α,β-unsaturated/α-hetero) is 1. The summed E-state index contributed by atoms with van der Waals surface area (Å²) in [6.45, 7) is 4.59. The fraction of sp³-hybridized carbons (Fsp3) is 0.345. The van der Waals surface area contributed by atoms with Gasteiger partial charge in [0, 0.05) is 24.7 Å². The third-order valence-corrected chi connectivity index (χ3v) is 5.78. The van der Waals surface area contributed by atoms with E-state index in [1.807, 2.05) is 84.9 Å². The maximum absolute atomic E-state index is 11.6. The average molecular weight is 478 g/mol. The molecular formula is C29H35NO5. The van der Waals surface area contributed by atoms with E-state index in [-0.39, 0.29) is 25.0 Å². The van der Waals surface area contributed by atoms with Crippen molar-refractivity contribution in [2.24, 2.45) is 0 Å². The van der Waals surface area contributed by atoms with Crippen molar-refractivity contribution in [1.29, 1.82) is 0 Å². The van der Waals surface area contributed by atoms with Crippen LogP contribution in [0.25, 0.3) is 0 Å². The number of benzene rings is 3. The fourth-order valence-electron chi connectivity index (χ4n) is 3.85. The molecule has 0 amide bonds. The van der Waals surface area contributed by atoms with Crippen LogP contribution < -0.4 is 9.47 Å². The van der Waals surface area contributed by atoms with Crippen LogP contribution in [-0.4, -0.2) is 65.4 Å². The van der Waals surface area contributed by atoms with Crippen LogP contribution in [0.3, 0.4) is 0 Å². The molecule has 0 saturated carbocycles. The predicted molar refractivity (Wildman–Crippen MR) is 137 cm³/mol. The molecule has 3 aromatic rings. The van der Waals surface area contributed by atoms with Crippen LogP contribution in [0.15, 0.2) is 84.9 Å². The number of carbonyl (C=O) groups is 1. The molecule has 0 heterocycles. The summed E-state index contributed by atoms with van der Waals surface area (Å²) in [6, 6.07) is 26.4. The highest BCUT2D eigenvalue weighted by atomic mass is 16.5. The predicted octanol–water partition coefficient (Wildman–Crippen LogP) is 4.00. The van der Waals surface area contributed by atoms with Crippen molar-refractivity contribution < 1.29 is 24.5 Å². The fourth-order valence-corrected chi connectivity index (χ4v) is 3.85. The Labute approximate surface area is 207 Å². The minimum atomic E-state index is -0.736. The topological polar surface area (TPSA) is 79.2 Å². The molecule has 3 aromatic carbocycles. The van der Waals surface area contributed by atoms with Crippen molar-refractivity contribution in [3.8, 4) is 11.5 Å². The Bertz CT molecular complexity index is 959. The first-order valence-electron chi connectivity index (χ1n) is 12.0. The summed E-state index contributed by atoms with van der Waals surface area (Å²) in [5.74, 6) is 1.44. The summed E-state index contributed by atoms with van der Waals surface area (Å²) < 4.78 is 11.4. The molecule has 0 aromatic heterocycles. The highest BCUT2D eigenvalue weighted by Gasteiger charge is 2.22. The summed E-state index contributed by atoms with van der Waals surface area (Å²) in [7, 11) is 0. The van der Waals surface area contributed by atoms with E-state index in [1.165, 1.54) is 0 Å². The summed E-state index contributed by atoms with van der Waals surface area (Å²) in [5.41, 5.74) is 1.76. The van der Waals surface area contributed by atoms with E-state index >= 15 is 0 Å². The number of aliphatic hydroxyl groups excluding tert-OH is 2. The number of aliphatic hydroxyl groups is 2. The maximum Gasteiger partial charge on any atom is 0.159 e. The molecule has 0 saturated heterocycles. The zero-order valence-corrected chi connectivity index (χ0v) is 20.4. The van der Waals surface area contributed by atoms with Crippen LogP contribution in [0.4, 0.5) is 0 Å². The van der Waals surface area contributed by atoms with Crippen LogP contribution in [0.5, 0.6) is 11.5 Å². The van der Waals surface area contributed by atoms with Gasteiger partial charge in [-0.05, 0) is 50.1 Å². The molecule has 0 aliphatic rings. The molecule has 6 nitrogen and oxygen atoms in total. The smallest absolute Gasteiger partial charge is 0.159 e. The maximum atomic E-state index is 11.6. The average Bonchev–Trinajstić information content (AvgIpc) is 2.87. The van der Waals surface area contributed by atoms with Crippen molar-refractivity contribution in [3.05, 3.63) is 96.1 Å². The van der Waals surface area contributed by atoms with E-state index in [1.54, 1.807) is 6.92 Å². The SMILES string of the molecule is CC(=O)c1ccc(CC(C)N(CC(O)COc2ccccc2)CC(O)COc2ccccc2)cc1. The minimum Gasteiger partial charge on any atom is -0.491 e. The molecule has 0 spiro atoms. The van der Waals surface area contributed by atoms with Gasteiger partial charge in [-0.25, -0.2) is 0 Å². The Morgan fingerprint density at radius 3 is 1.66 bits per heavy atom. The molecule has 2 N–H and O–H groups in total. The number of ketones is 1. The number of nitrogens with zero attached hydrogens (tertiary/aromatic N) is 1. The molecule has 0 fully saturated rings. The molecule has 0 aliphatic carbocycles. The van der Waals surface area contributed by atoms with Gasteiger partial charge in [-0.3, -0.25) is 9.69 Å². The molecule has 0 bridgehead atoms. The second-order valence-corrected chi connectivity index (χ2v) is 8.82. The largest absolute Gasteiger partial charge is 0.491 e. The summed E-state index contributed by atoms with van der Waals surface area (Å²) in [5, 5.41) is 21.4. The molecule has 3 atom stereocenters. The number of hydrogen-bond donors (Lipinski definition) is 2. The molecular weight excluding hydrogens is 442 g/mol.